The Balaban J connectivity index is 2.45. The Labute approximate surface area is 111 Å². The van der Waals surface area contributed by atoms with Crippen molar-refractivity contribution in [2.75, 3.05) is 19.5 Å². The zero-order valence-corrected chi connectivity index (χ0v) is 11.3. The van der Waals surface area contributed by atoms with Crippen LogP contribution in [0, 0.1) is 0 Å². The molecular weight excluding hydrogens is 252 g/mol. The van der Waals surface area contributed by atoms with Crippen LogP contribution in [0.25, 0.3) is 0 Å². The average Bonchev–Trinajstić information content (AvgIpc) is 2.37. The van der Waals surface area contributed by atoms with E-state index in [2.05, 4.69) is 0 Å². The van der Waals surface area contributed by atoms with Crippen LogP contribution in [0.2, 0.25) is 0 Å². The Morgan fingerprint density at radius 3 is 2.67 bits per heavy atom. The maximum absolute atomic E-state index is 11.5. The van der Waals surface area contributed by atoms with Gasteiger partial charge in [0.1, 0.15) is 12.2 Å². The summed E-state index contributed by atoms with van der Waals surface area (Å²) in [7, 11) is 1.58. The molecule has 18 heavy (non-hydrogen) atoms. The Kier molecular flexibility index (Phi) is 6.28. The summed E-state index contributed by atoms with van der Waals surface area (Å²) >= 11 is 1.36. The predicted octanol–water partition coefficient (Wildman–Crippen LogP) is 2.31. The molecule has 0 aromatic heterocycles. The van der Waals surface area contributed by atoms with Gasteiger partial charge < -0.3 is 9.47 Å². The third-order valence-electron chi connectivity index (χ3n) is 2.10. The first-order chi connectivity index (χ1) is 8.67. The smallest absolute Gasteiger partial charge is 0.313 e. The Morgan fingerprint density at radius 2 is 2.00 bits per heavy atom. The number of carbonyl (C=O) groups is 2. The standard InChI is InChI=1S/C13H16O4S/c1-3-17-13(15)8-10(14)9-18-12-7-5-4-6-11(12)16-2/h4-7H,3,8-9H2,1-2H3. The summed E-state index contributed by atoms with van der Waals surface area (Å²) < 4.78 is 9.89. The van der Waals surface area contributed by atoms with Crippen molar-refractivity contribution in [3.05, 3.63) is 24.3 Å². The van der Waals surface area contributed by atoms with Crippen molar-refractivity contribution in [3.8, 4) is 5.75 Å². The number of esters is 1. The monoisotopic (exact) mass is 268 g/mol. The molecule has 0 saturated heterocycles. The SMILES string of the molecule is CCOC(=O)CC(=O)CSc1ccccc1OC. The van der Waals surface area contributed by atoms with E-state index in [4.69, 9.17) is 9.47 Å². The Bertz CT molecular complexity index is 417. The van der Waals surface area contributed by atoms with E-state index < -0.39 is 5.97 Å². The van der Waals surface area contributed by atoms with Crippen LogP contribution in [0.4, 0.5) is 0 Å². The fraction of sp³-hybridized carbons (Fsp3) is 0.385. The molecule has 4 nitrogen and oxygen atoms in total. The van der Waals surface area contributed by atoms with Crippen LogP contribution in [0.3, 0.4) is 0 Å². The lowest BCUT2D eigenvalue weighted by molar-refractivity contribution is -0.145. The van der Waals surface area contributed by atoms with E-state index >= 15 is 0 Å². The maximum atomic E-state index is 11.5. The van der Waals surface area contributed by atoms with Crippen LogP contribution in [-0.2, 0) is 14.3 Å². The zero-order chi connectivity index (χ0) is 13.4. The van der Waals surface area contributed by atoms with Gasteiger partial charge in [0.2, 0.25) is 0 Å². The molecule has 0 radical (unpaired) electrons. The predicted molar refractivity (Wildman–Crippen MR) is 70.0 cm³/mol. The van der Waals surface area contributed by atoms with Crippen LogP contribution in [0.15, 0.2) is 29.2 Å². The van der Waals surface area contributed by atoms with Crippen molar-refractivity contribution in [2.45, 2.75) is 18.2 Å². The molecule has 0 aliphatic rings. The van der Waals surface area contributed by atoms with Gasteiger partial charge >= 0.3 is 5.97 Å². The summed E-state index contributed by atoms with van der Waals surface area (Å²) in [6.07, 6.45) is -0.171. The second-order valence-electron chi connectivity index (χ2n) is 3.46. The van der Waals surface area contributed by atoms with E-state index in [1.807, 2.05) is 24.3 Å². The third-order valence-corrected chi connectivity index (χ3v) is 3.22. The zero-order valence-electron chi connectivity index (χ0n) is 10.5. The maximum Gasteiger partial charge on any atom is 0.313 e. The van der Waals surface area contributed by atoms with E-state index in [9.17, 15) is 9.59 Å². The molecule has 0 bridgehead atoms. The van der Waals surface area contributed by atoms with Gasteiger partial charge in [0.25, 0.3) is 0 Å². The van der Waals surface area contributed by atoms with Crippen molar-refractivity contribution < 1.29 is 19.1 Å². The number of hydrogen-bond donors (Lipinski definition) is 0. The lowest BCUT2D eigenvalue weighted by atomic mass is 10.3. The molecule has 0 heterocycles. The summed E-state index contributed by atoms with van der Waals surface area (Å²) in [6, 6.07) is 7.45. The molecule has 0 spiro atoms. The van der Waals surface area contributed by atoms with Gasteiger partial charge in [-0.15, -0.1) is 11.8 Å². The molecule has 1 aromatic rings. The Morgan fingerprint density at radius 1 is 1.28 bits per heavy atom. The lowest BCUT2D eigenvalue weighted by Gasteiger charge is -2.06. The fourth-order valence-corrected chi connectivity index (χ4v) is 2.21. The second-order valence-corrected chi connectivity index (χ2v) is 4.48. The van der Waals surface area contributed by atoms with E-state index in [-0.39, 0.29) is 18.0 Å². The van der Waals surface area contributed by atoms with Crippen LogP contribution in [0.5, 0.6) is 5.75 Å². The van der Waals surface area contributed by atoms with Crippen LogP contribution >= 0.6 is 11.8 Å². The highest BCUT2D eigenvalue weighted by Gasteiger charge is 2.11. The molecule has 0 atom stereocenters. The van der Waals surface area contributed by atoms with Crippen molar-refractivity contribution in [1.82, 2.24) is 0 Å². The summed E-state index contributed by atoms with van der Waals surface area (Å²) in [5.74, 6) is 0.345. The largest absolute Gasteiger partial charge is 0.496 e. The number of benzene rings is 1. The highest BCUT2D eigenvalue weighted by Crippen LogP contribution is 2.28. The second kappa shape index (κ2) is 7.76. The number of hydrogen-bond acceptors (Lipinski definition) is 5. The van der Waals surface area contributed by atoms with Crippen molar-refractivity contribution in [1.29, 1.82) is 0 Å². The van der Waals surface area contributed by atoms with E-state index in [1.54, 1.807) is 14.0 Å². The highest BCUT2D eigenvalue weighted by atomic mass is 32.2. The molecule has 98 valence electrons. The number of thioether (sulfide) groups is 1. The molecule has 0 aliphatic carbocycles. The molecule has 1 rings (SSSR count). The molecular formula is C13H16O4S. The molecule has 1 aromatic carbocycles. The summed E-state index contributed by atoms with van der Waals surface area (Å²) in [5.41, 5.74) is 0. The normalized spacial score (nSPS) is 9.89. The summed E-state index contributed by atoms with van der Waals surface area (Å²) in [6.45, 7) is 2.01. The molecule has 5 heteroatoms. The minimum absolute atomic E-state index is 0.149. The molecule has 0 fully saturated rings. The number of ether oxygens (including phenoxy) is 2. The molecule has 0 aliphatic heterocycles. The highest BCUT2D eigenvalue weighted by molar-refractivity contribution is 8.00. The van der Waals surface area contributed by atoms with Crippen molar-refractivity contribution in [3.63, 3.8) is 0 Å². The van der Waals surface area contributed by atoms with Crippen molar-refractivity contribution >= 4 is 23.5 Å². The molecule has 0 N–H and O–H groups in total. The molecule has 0 amide bonds. The number of rotatable bonds is 7. The summed E-state index contributed by atoms with van der Waals surface area (Å²) in [5, 5.41) is 0. The van der Waals surface area contributed by atoms with Gasteiger partial charge in [-0.2, -0.15) is 0 Å². The topological polar surface area (TPSA) is 52.6 Å². The number of carbonyl (C=O) groups excluding carboxylic acids is 2. The van der Waals surface area contributed by atoms with Crippen molar-refractivity contribution in [2.24, 2.45) is 0 Å². The fourth-order valence-electron chi connectivity index (χ4n) is 1.32. The van der Waals surface area contributed by atoms with E-state index in [0.29, 0.717) is 6.61 Å². The van der Waals surface area contributed by atoms with Gasteiger partial charge in [0.15, 0.2) is 5.78 Å². The number of para-hydroxylation sites is 1. The average molecular weight is 268 g/mol. The minimum atomic E-state index is -0.469. The quantitative estimate of drug-likeness (QED) is 0.431. The van der Waals surface area contributed by atoms with E-state index in [0.717, 1.165) is 10.6 Å². The van der Waals surface area contributed by atoms with Gasteiger partial charge in [0.05, 0.1) is 19.5 Å². The van der Waals surface area contributed by atoms with E-state index in [1.165, 1.54) is 11.8 Å². The Hall–Kier alpha value is -1.49. The van der Waals surface area contributed by atoms with Gasteiger partial charge in [-0.25, -0.2) is 0 Å². The third kappa shape index (κ3) is 4.79. The first kappa shape index (κ1) is 14.6. The number of Topliss-reactive ketones (excluding diaryl/α,β-unsaturated/α-hetero) is 1. The van der Waals surface area contributed by atoms with Gasteiger partial charge in [-0.3, -0.25) is 9.59 Å². The minimum Gasteiger partial charge on any atom is -0.496 e. The first-order valence-electron chi connectivity index (χ1n) is 5.60. The molecule has 0 saturated carbocycles. The van der Waals surface area contributed by atoms with Crippen LogP contribution in [-0.4, -0.2) is 31.2 Å². The van der Waals surface area contributed by atoms with Gasteiger partial charge in [-0.1, -0.05) is 12.1 Å². The van der Waals surface area contributed by atoms with Gasteiger partial charge in [-0.05, 0) is 19.1 Å². The van der Waals surface area contributed by atoms with Crippen LogP contribution < -0.4 is 4.74 Å². The first-order valence-corrected chi connectivity index (χ1v) is 6.59. The number of ketones is 1. The molecule has 0 unspecified atom stereocenters. The van der Waals surface area contributed by atoms with Crippen LogP contribution in [0.1, 0.15) is 13.3 Å². The lowest BCUT2D eigenvalue weighted by Crippen LogP contribution is -2.12. The number of methoxy groups -OCH3 is 1. The van der Waals surface area contributed by atoms with Gasteiger partial charge in [0, 0.05) is 4.90 Å². The summed E-state index contributed by atoms with van der Waals surface area (Å²) in [4.78, 5) is 23.5.